The van der Waals surface area contributed by atoms with Crippen molar-refractivity contribution in [2.75, 3.05) is 0 Å². The van der Waals surface area contributed by atoms with Gasteiger partial charge in [0.25, 0.3) is 5.56 Å². The Kier molecular flexibility index (Phi) is 3.29. The van der Waals surface area contributed by atoms with E-state index in [2.05, 4.69) is 10.2 Å². The number of aromatic amines is 1. The average Bonchev–Trinajstić information content (AvgIpc) is 2.39. The van der Waals surface area contributed by atoms with Gasteiger partial charge in [-0.3, -0.25) is 4.79 Å². The molecule has 1 aromatic carbocycles. The SMILES string of the molecule is CC(c1ccccc1)S(=O)(=O)c1ccc(=O)[nH]n1. The van der Waals surface area contributed by atoms with Crippen molar-refractivity contribution in [3.8, 4) is 0 Å². The second kappa shape index (κ2) is 4.73. The third-order valence-corrected chi connectivity index (χ3v) is 4.69. The lowest BCUT2D eigenvalue weighted by Gasteiger charge is -2.11. The van der Waals surface area contributed by atoms with Gasteiger partial charge < -0.3 is 0 Å². The summed E-state index contributed by atoms with van der Waals surface area (Å²) >= 11 is 0. The van der Waals surface area contributed by atoms with Gasteiger partial charge in [-0.15, -0.1) is 0 Å². The molecule has 18 heavy (non-hydrogen) atoms. The molecule has 94 valence electrons. The molecule has 0 radical (unpaired) electrons. The van der Waals surface area contributed by atoms with Gasteiger partial charge in [0.05, 0.1) is 5.25 Å². The molecule has 5 nitrogen and oxygen atoms in total. The van der Waals surface area contributed by atoms with Gasteiger partial charge in [0, 0.05) is 6.07 Å². The predicted octanol–water partition coefficient (Wildman–Crippen LogP) is 1.30. The molecule has 1 heterocycles. The van der Waals surface area contributed by atoms with Crippen LogP contribution in [0.3, 0.4) is 0 Å². The van der Waals surface area contributed by atoms with Crippen LogP contribution in [-0.4, -0.2) is 18.6 Å². The summed E-state index contributed by atoms with van der Waals surface area (Å²) in [6.07, 6.45) is 0. The van der Waals surface area contributed by atoms with Crippen molar-refractivity contribution in [1.82, 2.24) is 10.2 Å². The number of benzene rings is 1. The first-order chi connectivity index (χ1) is 8.51. The van der Waals surface area contributed by atoms with Crippen LogP contribution in [0.15, 0.2) is 52.3 Å². The van der Waals surface area contributed by atoms with Gasteiger partial charge in [0.2, 0.25) is 9.84 Å². The minimum absolute atomic E-state index is 0.126. The summed E-state index contributed by atoms with van der Waals surface area (Å²) in [5.74, 6) is 0. The molecule has 6 heteroatoms. The molecule has 1 atom stereocenters. The summed E-state index contributed by atoms with van der Waals surface area (Å²) in [4.78, 5) is 10.9. The maximum Gasteiger partial charge on any atom is 0.264 e. The zero-order valence-corrected chi connectivity index (χ0v) is 10.5. The molecule has 2 rings (SSSR count). The molecule has 0 saturated heterocycles. The molecule has 0 aliphatic rings. The maximum absolute atomic E-state index is 12.3. The van der Waals surface area contributed by atoms with Crippen molar-refractivity contribution in [3.63, 3.8) is 0 Å². The number of nitrogens with zero attached hydrogens (tertiary/aromatic N) is 1. The first-order valence-corrected chi connectivity index (χ1v) is 6.91. The van der Waals surface area contributed by atoms with E-state index in [1.807, 2.05) is 6.07 Å². The predicted molar refractivity (Wildman–Crippen MR) is 66.9 cm³/mol. The number of hydrogen-bond donors (Lipinski definition) is 1. The Morgan fingerprint density at radius 2 is 1.78 bits per heavy atom. The van der Waals surface area contributed by atoms with E-state index < -0.39 is 20.6 Å². The van der Waals surface area contributed by atoms with E-state index in [0.717, 1.165) is 6.07 Å². The van der Waals surface area contributed by atoms with E-state index in [1.165, 1.54) is 6.07 Å². The Morgan fingerprint density at radius 3 is 2.33 bits per heavy atom. The summed E-state index contributed by atoms with van der Waals surface area (Å²) in [5.41, 5.74) is 0.256. The van der Waals surface area contributed by atoms with Gasteiger partial charge in [-0.25, -0.2) is 13.5 Å². The first kappa shape index (κ1) is 12.5. The summed E-state index contributed by atoms with van der Waals surface area (Å²) in [5, 5.41) is 4.86. The fourth-order valence-corrected chi connectivity index (χ4v) is 2.88. The number of rotatable bonds is 3. The fraction of sp³-hybridized carbons (Fsp3) is 0.167. The normalized spacial score (nSPS) is 13.2. The molecule has 1 N–H and O–H groups in total. The van der Waals surface area contributed by atoms with E-state index in [4.69, 9.17) is 0 Å². The lowest BCUT2D eigenvalue weighted by molar-refractivity contribution is 0.579. The van der Waals surface area contributed by atoms with Gasteiger partial charge in [-0.2, -0.15) is 5.10 Å². The standard InChI is InChI=1S/C12H12N2O3S/c1-9(10-5-3-2-4-6-10)18(16,17)12-8-7-11(15)13-14-12/h2-9H,1H3,(H,13,15). The molecule has 1 unspecified atom stereocenters. The van der Waals surface area contributed by atoms with E-state index in [1.54, 1.807) is 31.2 Å². The van der Waals surface area contributed by atoms with Crippen LogP contribution in [0, 0.1) is 0 Å². The van der Waals surface area contributed by atoms with Crippen molar-refractivity contribution in [2.45, 2.75) is 17.2 Å². The monoisotopic (exact) mass is 264 g/mol. The molecule has 0 aliphatic heterocycles. The van der Waals surface area contributed by atoms with Gasteiger partial charge in [-0.1, -0.05) is 30.3 Å². The van der Waals surface area contributed by atoms with Gasteiger partial charge in [-0.05, 0) is 18.6 Å². The van der Waals surface area contributed by atoms with E-state index in [9.17, 15) is 13.2 Å². The minimum atomic E-state index is -3.59. The van der Waals surface area contributed by atoms with Crippen LogP contribution in [0.25, 0.3) is 0 Å². The molecular weight excluding hydrogens is 252 g/mol. The van der Waals surface area contributed by atoms with Gasteiger partial charge in [0.1, 0.15) is 0 Å². The van der Waals surface area contributed by atoms with Crippen LogP contribution in [-0.2, 0) is 9.84 Å². The Morgan fingerprint density at radius 1 is 1.11 bits per heavy atom. The maximum atomic E-state index is 12.3. The smallest absolute Gasteiger partial charge is 0.264 e. The topological polar surface area (TPSA) is 79.9 Å². The molecule has 1 aromatic heterocycles. The van der Waals surface area contributed by atoms with Crippen LogP contribution in [0.5, 0.6) is 0 Å². The van der Waals surface area contributed by atoms with Crippen molar-refractivity contribution in [1.29, 1.82) is 0 Å². The number of sulfone groups is 1. The molecule has 0 spiro atoms. The lowest BCUT2D eigenvalue weighted by atomic mass is 10.2. The third-order valence-electron chi connectivity index (χ3n) is 2.68. The van der Waals surface area contributed by atoms with Gasteiger partial charge in [0.15, 0.2) is 5.03 Å². The Bertz CT molecular complexity index is 672. The first-order valence-electron chi connectivity index (χ1n) is 5.36. The highest BCUT2D eigenvalue weighted by atomic mass is 32.2. The Balaban J connectivity index is 2.43. The summed E-state index contributed by atoms with van der Waals surface area (Å²) in [6.45, 7) is 1.59. The van der Waals surface area contributed by atoms with Crippen molar-refractivity contribution < 1.29 is 8.42 Å². The summed E-state index contributed by atoms with van der Waals surface area (Å²) < 4.78 is 24.5. The molecule has 0 fully saturated rings. The van der Waals surface area contributed by atoms with Crippen LogP contribution in [0.1, 0.15) is 17.7 Å². The van der Waals surface area contributed by atoms with Crippen LogP contribution >= 0.6 is 0 Å². The van der Waals surface area contributed by atoms with Crippen LogP contribution in [0.4, 0.5) is 0 Å². The Hall–Kier alpha value is -1.95. The second-order valence-corrected chi connectivity index (χ2v) is 6.07. The minimum Gasteiger partial charge on any atom is -0.268 e. The van der Waals surface area contributed by atoms with Crippen molar-refractivity contribution >= 4 is 9.84 Å². The second-order valence-electron chi connectivity index (χ2n) is 3.86. The van der Waals surface area contributed by atoms with Crippen molar-refractivity contribution in [2.24, 2.45) is 0 Å². The van der Waals surface area contributed by atoms with Crippen LogP contribution in [0.2, 0.25) is 0 Å². The molecule has 2 aromatic rings. The molecule has 0 saturated carbocycles. The van der Waals surface area contributed by atoms with E-state index >= 15 is 0 Å². The number of H-pyrrole nitrogens is 1. The number of aromatic nitrogens is 2. The van der Waals surface area contributed by atoms with Crippen LogP contribution < -0.4 is 5.56 Å². The molecule has 0 aliphatic carbocycles. The average molecular weight is 264 g/mol. The van der Waals surface area contributed by atoms with E-state index in [-0.39, 0.29) is 5.03 Å². The Labute approximate surface area is 104 Å². The molecule has 0 amide bonds. The molecular formula is C12H12N2O3S. The zero-order valence-electron chi connectivity index (χ0n) is 9.70. The van der Waals surface area contributed by atoms with Gasteiger partial charge >= 0.3 is 0 Å². The van der Waals surface area contributed by atoms with E-state index in [0.29, 0.717) is 5.56 Å². The quantitative estimate of drug-likeness (QED) is 0.906. The zero-order chi connectivity index (χ0) is 13.2. The number of nitrogens with one attached hydrogen (secondary N) is 1. The fourth-order valence-electron chi connectivity index (χ4n) is 1.57. The highest BCUT2D eigenvalue weighted by molar-refractivity contribution is 7.91. The number of hydrogen-bond acceptors (Lipinski definition) is 4. The summed E-state index contributed by atoms with van der Waals surface area (Å²) in [7, 11) is -3.59. The molecule has 0 bridgehead atoms. The summed E-state index contributed by atoms with van der Waals surface area (Å²) in [6, 6.07) is 11.2. The van der Waals surface area contributed by atoms with Crippen molar-refractivity contribution in [3.05, 3.63) is 58.4 Å². The highest BCUT2D eigenvalue weighted by Gasteiger charge is 2.26. The largest absolute Gasteiger partial charge is 0.268 e. The third kappa shape index (κ3) is 2.33. The lowest BCUT2D eigenvalue weighted by Crippen LogP contribution is -2.16. The highest BCUT2D eigenvalue weighted by Crippen LogP contribution is 2.26.